The minimum Gasteiger partial charge on any atom is -0.497 e. The van der Waals surface area contributed by atoms with E-state index in [1.165, 1.54) is 0 Å². The number of pyridine rings is 1. The van der Waals surface area contributed by atoms with E-state index in [-0.39, 0.29) is 10.7 Å². The molecule has 0 spiro atoms. The molecule has 0 atom stereocenters. The lowest BCUT2D eigenvalue weighted by molar-refractivity contribution is 0.150. The third-order valence-electron chi connectivity index (χ3n) is 4.81. The highest BCUT2D eigenvalue weighted by Gasteiger charge is 2.20. The van der Waals surface area contributed by atoms with Crippen LogP contribution in [0, 0.1) is 6.92 Å². The van der Waals surface area contributed by atoms with Gasteiger partial charge in [-0.15, -0.1) is 0 Å². The molecule has 0 aliphatic rings. The smallest absolute Gasteiger partial charge is 0.267 e. The summed E-state index contributed by atoms with van der Waals surface area (Å²) in [6.45, 7) is 2.66. The van der Waals surface area contributed by atoms with Crippen LogP contribution in [0.4, 0.5) is 14.6 Å². The molecule has 0 radical (unpaired) electrons. The Morgan fingerprint density at radius 3 is 1.73 bits per heavy atom. The zero-order valence-corrected chi connectivity index (χ0v) is 17.8. The minimum atomic E-state index is -2.67. The highest BCUT2D eigenvalue weighted by Crippen LogP contribution is 2.32. The van der Waals surface area contributed by atoms with Crippen LogP contribution in [0.15, 0.2) is 54.6 Å². The monoisotopic (exact) mass is 432 g/mol. The molecule has 1 aromatic heterocycles. The third-order valence-corrected chi connectivity index (χ3v) is 5.10. The average Bonchev–Trinajstić information content (AvgIpc) is 2.73. The number of aromatic nitrogens is 1. The largest absolute Gasteiger partial charge is 0.497 e. The topological polar surface area (TPSA) is 34.6 Å². The zero-order valence-electron chi connectivity index (χ0n) is 17.0. The normalized spacial score (nSPS) is 10.9. The highest BCUT2D eigenvalue weighted by molar-refractivity contribution is 6.30. The summed E-state index contributed by atoms with van der Waals surface area (Å²) in [5.74, 6) is 2.06. The molecule has 0 unspecified atom stereocenters. The van der Waals surface area contributed by atoms with Gasteiger partial charge in [0, 0.05) is 13.1 Å². The number of benzene rings is 2. The molecule has 0 aliphatic heterocycles. The lowest BCUT2D eigenvalue weighted by Gasteiger charge is -2.25. The Balaban J connectivity index is 1.95. The fourth-order valence-electron chi connectivity index (χ4n) is 3.17. The van der Waals surface area contributed by atoms with Gasteiger partial charge in [-0.3, -0.25) is 0 Å². The van der Waals surface area contributed by atoms with E-state index in [0.29, 0.717) is 24.5 Å². The van der Waals surface area contributed by atoms with Crippen LogP contribution in [0.5, 0.6) is 11.5 Å². The second-order valence-corrected chi connectivity index (χ2v) is 7.21. The predicted molar refractivity (Wildman–Crippen MR) is 115 cm³/mol. The van der Waals surface area contributed by atoms with E-state index in [1.54, 1.807) is 27.2 Å². The lowest BCUT2D eigenvalue weighted by atomic mass is 10.1. The summed E-state index contributed by atoms with van der Waals surface area (Å²) in [5.41, 5.74) is 2.24. The predicted octanol–water partition coefficient (Wildman–Crippen LogP) is 6.21. The lowest BCUT2D eigenvalue weighted by Crippen LogP contribution is -2.23. The maximum absolute atomic E-state index is 13.3. The molecule has 0 aliphatic carbocycles. The molecule has 0 bridgehead atoms. The number of ether oxygens (including phenoxy) is 2. The number of aryl methyl sites for hydroxylation is 1. The van der Waals surface area contributed by atoms with Gasteiger partial charge in [0.1, 0.15) is 22.5 Å². The van der Waals surface area contributed by atoms with Crippen LogP contribution in [0.25, 0.3) is 0 Å². The van der Waals surface area contributed by atoms with Crippen molar-refractivity contribution in [3.63, 3.8) is 0 Å². The SMILES string of the molecule is COc1ccc(CN(Cc2ccc(OC)cc2)c2cc(C)c(C(F)F)c(Cl)n2)cc1. The Bertz CT molecular complexity index is 907. The second kappa shape index (κ2) is 9.76. The summed E-state index contributed by atoms with van der Waals surface area (Å²) in [6, 6.07) is 17.0. The van der Waals surface area contributed by atoms with Gasteiger partial charge in [-0.05, 0) is 53.9 Å². The molecule has 3 aromatic rings. The van der Waals surface area contributed by atoms with E-state index in [0.717, 1.165) is 22.6 Å². The molecule has 4 nitrogen and oxygen atoms in total. The Morgan fingerprint density at radius 2 is 1.37 bits per heavy atom. The minimum absolute atomic E-state index is 0.172. The van der Waals surface area contributed by atoms with Crippen molar-refractivity contribution >= 4 is 17.4 Å². The van der Waals surface area contributed by atoms with Gasteiger partial charge < -0.3 is 14.4 Å². The second-order valence-electron chi connectivity index (χ2n) is 6.85. The number of hydrogen-bond donors (Lipinski definition) is 0. The van der Waals surface area contributed by atoms with Crippen molar-refractivity contribution in [3.05, 3.63) is 82.0 Å². The van der Waals surface area contributed by atoms with Crippen molar-refractivity contribution in [2.45, 2.75) is 26.4 Å². The fourth-order valence-corrected chi connectivity index (χ4v) is 3.49. The summed E-state index contributed by atoms with van der Waals surface area (Å²) in [7, 11) is 3.23. The maximum atomic E-state index is 13.3. The Hall–Kier alpha value is -2.86. The fraction of sp³-hybridized carbons (Fsp3) is 0.261. The van der Waals surface area contributed by atoms with Crippen LogP contribution >= 0.6 is 11.6 Å². The van der Waals surface area contributed by atoms with Crippen molar-refractivity contribution < 1.29 is 18.3 Å². The highest BCUT2D eigenvalue weighted by atomic mass is 35.5. The van der Waals surface area contributed by atoms with Crippen LogP contribution in [0.2, 0.25) is 5.15 Å². The van der Waals surface area contributed by atoms with Crippen LogP contribution < -0.4 is 14.4 Å². The summed E-state index contributed by atoms with van der Waals surface area (Å²) >= 11 is 6.11. The Morgan fingerprint density at radius 1 is 0.900 bits per heavy atom. The number of methoxy groups -OCH3 is 2. The van der Waals surface area contributed by atoms with Crippen molar-refractivity contribution in [3.8, 4) is 11.5 Å². The number of hydrogen-bond acceptors (Lipinski definition) is 4. The number of nitrogens with zero attached hydrogens (tertiary/aromatic N) is 2. The first-order chi connectivity index (χ1) is 14.4. The van der Waals surface area contributed by atoms with Gasteiger partial charge >= 0.3 is 0 Å². The van der Waals surface area contributed by atoms with Gasteiger partial charge in [0.05, 0.1) is 19.8 Å². The van der Waals surface area contributed by atoms with Crippen LogP contribution in [-0.2, 0) is 13.1 Å². The molecule has 3 rings (SSSR count). The van der Waals surface area contributed by atoms with Gasteiger partial charge in [0.15, 0.2) is 0 Å². The summed E-state index contributed by atoms with van der Waals surface area (Å²) in [4.78, 5) is 6.28. The Labute approximate surface area is 180 Å². The Kier molecular flexibility index (Phi) is 7.11. The van der Waals surface area contributed by atoms with Gasteiger partial charge in [-0.25, -0.2) is 13.8 Å². The molecule has 0 fully saturated rings. The van der Waals surface area contributed by atoms with Gasteiger partial charge in [0.2, 0.25) is 0 Å². The first-order valence-electron chi connectivity index (χ1n) is 9.37. The summed E-state index contributed by atoms with van der Waals surface area (Å²) in [6.07, 6.45) is -2.67. The molecule has 158 valence electrons. The first-order valence-corrected chi connectivity index (χ1v) is 9.75. The number of halogens is 3. The van der Waals surface area contributed by atoms with Crippen molar-refractivity contribution in [2.24, 2.45) is 0 Å². The molecule has 30 heavy (non-hydrogen) atoms. The zero-order chi connectivity index (χ0) is 21.7. The van der Waals surface area contributed by atoms with Crippen molar-refractivity contribution in [1.82, 2.24) is 4.98 Å². The van der Waals surface area contributed by atoms with Crippen molar-refractivity contribution in [2.75, 3.05) is 19.1 Å². The number of anilines is 1. The van der Waals surface area contributed by atoms with E-state index in [9.17, 15) is 8.78 Å². The molecule has 0 saturated heterocycles. The van der Waals surface area contributed by atoms with E-state index in [2.05, 4.69) is 4.98 Å². The summed E-state index contributed by atoms with van der Waals surface area (Å²) < 4.78 is 37.0. The van der Waals surface area contributed by atoms with E-state index in [1.807, 2.05) is 53.4 Å². The molecular weight excluding hydrogens is 410 g/mol. The third kappa shape index (κ3) is 5.19. The standard InChI is InChI=1S/C23H23ClF2N2O2/c1-15-12-20(27-22(24)21(15)23(25)26)28(13-16-4-8-18(29-2)9-5-16)14-17-6-10-19(30-3)11-7-17/h4-12,23H,13-14H2,1-3H3. The van der Waals surface area contributed by atoms with Crippen LogP contribution in [0.3, 0.4) is 0 Å². The molecule has 0 N–H and O–H groups in total. The number of alkyl halides is 2. The van der Waals surface area contributed by atoms with E-state index in [4.69, 9.17) is 21.1 Å². The van der Waals surface area contributed by atoms with E-state index >= 15 is 0 Å². The molecule has 7 heteroatoms. The molecule has 0 amide bonds. The van der Waals surface area contributed by atoms with Gasteiger partial charge in [0.25, 0.3) is 6.43 Å². The summed E-state index contributed by atoms with van der Waals surface area (Å²) in [5, 5.41) is -0.172. The van der Waals surface area contributed by atoms with E-state index < -0.39 is 6.43 Å². The molecule has 2 aromatic carbocycles. The first kappa shape index (κ1) is 21.8. The molecule has 1 heterocycles. The van der Waals surface area contributed by atoms with Gasteiger partial charge in [-0.1, -0.05) is 35.9 Å². The van der Waals surface area contributed by atoms with Gasteiger partial charge in [-0.2, -0.15) is 0 Å². The average molecular weight is 433 g/mol. The van der Waals surface area contributed by atoms with Crippen molar-refractivity contribution in [1.29, 1.82) is 0 Å². The number of rotatable bonds is 8. The molecular formula is C23H23ClF2N2O2. The maximum Gasteiger partial charge on any atom is 0.267 e. The van der Waals surface area contributed by atoms with Crippen LogP contribution in [0.1, 0.15) is 28.7 Å². The van der Waals surface area contributed by atoms with Crippen LogP contribution in [-0.4, -0.2) is 19.2 Å². The molecule has 0 saturated carbocycles. The quantitative estimate of drug-likeness (QED) is 0.396.